The van der Waals surface area contributed by atoms with E-state index in [1.165, 1.54) is 12.1 Å². The summed E-state index contributed by atoms with van der Waals surface area (Å²) < 4.78 is 47.8. The minimum Gasteiger partial charge on any atom is -0.348 e. The molecule has 3 N–H and O–H groups in total. The molecule has 0 aliphatic heterocycles. The molecule has 156 valence electrons. The highest BCUT2D eigenvalue weighted by Crippen LogP contribution is 2.18. The average Bonchev–Trinajstić information content (AvgIpc) is 2.66. The first-order valence-electron chi connectivity index (χ1n) is 8.66. The van der Waals surface area contributed by atoms with E-state index in [4.69, 9.17) is 0 Å². The molecule has 0 heterocycles. The second kappa shape index (κ2) is 9.46. The second-order valence-corrected chi connectivity index (χ2v) is 8.38. The molecule has 0 unspecified atom stereocenters. The van der Waals surface area contributed by atoms with Crippen LogP contribution in [0.4, 0.5) is 19.3 Å². The van der Waals surface area contributed by atoms with Gasteiger partial charge in [0, 0.05) is 23.8 Å². The van der Waals surface area contributed by atoms with Crippen molar-refractivity contribution in [1.29, 1.82) is 0 Å². The first-order chi connectivity index (χ1) is 13.6. The van der Waals surface area contributed by atoms with E-state index in [1.54, 1.807) is 24.3 Å². The fraction of sp³-hybridized carbons (Fsp3) is 0.263. The lowest BCUT2D eigenvalue weighted by molar-refractivity contribution is 0.0950. The summed E-state index contributed by atoms with van der Waals surface area (Å²) >= 11 is 0. The van der Waals surface area contributed by atoms with Crippen LogP contribution in [0.25, 0.3) is 0 Å². The Morgan fingerprint density at radius 3 is 2.07 bits per heavy atom. The third-order valence-electron chi connectivity index (χ3n) is 3.76. The van der Waals surface area contributed by atoms with Crippen LogP contribution in [-0.4, -0.2) is 32.2 Å². The number of urea groups is 1. The molecule has 0 fully saturated rings. The molecule has 10 heteroatoms. The van der Waals surface area contributed by atoms with Gasteiger partial charge in [-0.2, -0.15) is 8.78 Å². The van der Waals surface area contributed by atoms with E-state index in [1.807, 2.05) is 13.8 Å². The van der Waals surface area contributed by atoms with Gasteiger partial charge >= 0.3 is 11.8 Å². The summed E-state index contributed by atoms with van der Waals surface area (Å²) in [5, 5.41) is 8.02. The zero-order valence-electron chi connectivity index (χ0n) is 15.8. The van der Waals surface area contributed by atoms with Gasteiger partial charge in [-0.1, -0.05) is 12.1 Å². The molecule has 0 saturated carbocycles. The summed E-state index contributed by atoms with van der Waals surface area (Å²) in [4.78, 5) is 23.3. The maximum Gasteiger partial charge on any atom is 0.341 e. The number of alkyl halides is 2. The minimum absolute atomic E-state index is 0.00836. The summed E-state index contributed by atoms with van der Waals surface area (Å²) in [6.07, 6.45) is 0. The lowest BCUT2D eigenvalue weighted by atomic mass is 10.2. The smallest absolute Gasteiger partial charge is 0.341 e. The summed E-state index contributed by atoms with van der Waals surface area (Å²) in [6, 6.07) is 10.8. The van der Waals surface area contributed by atoms with Crippen molar-refractivity contribution in [2.24, 2.45) is 0 Å². The molecule has 2 rings (SSSR count). The number of rotatable bonds is 7. The van der Waals surface area contributed by atoms with Gasteiger partial charge in [-0.25, -0.2) is 13.2 Å². The topological polar surface area (TPSA) is 104 Å². The van der Waals surface area contributed by atoms with Gasteiger partial charge in [0.2, 0.25) is 9.84 Å². The van der Waals surface area contributed by atoms with E-state index in [0.717, 1.165) is 17.7 Å². The van der Waals surface area contributed by atoms with Crippen LogP contribution < -0.4 is 16.0 Å². The molecule has 0 atom stereocenters. The van der Waals surface area contributed by atoms with E-state index in [0.29, 0.717) is 5.69 Å². The molecule has 0 aromatic heterocycles. The van der Waals surface area contributed by atoms with Crippen LogP contribution in [-0.2, 0) is 16.4 Å². The Morgan fingerprint density at radius 1 is 0.966 bits per heavy atom. The molecule has 3 amide bonds. The zero-order valence-corrected chi connectivity index (χ0v) is 16.6. The normalized spacial score (nSPS) is 11.4. The van der Waals surface area contributed by atoms with Crippen LogP contribution >= 0.6 is 0 Å². The van der Waals surface area contributed by atoms with Crippen LogP contribution in [0, 0.1) is 0 Å². The van der Waals surface area contributed by atoms with Crippen molar-refractivity contribution in [2.45, 2.75) is 37.1 Å². The fourth-order valence-corrected chi connectivity index (χ4v) is 3.04. The van der Waals surface area contributed by atoms with Crippen LogP contribution in [0.3, 0.4) is 0 Å². The number of carbonyl (C=O) groups is 2. The first kappa shape index (κ1) is 22.3. The zero-order chi connectivity index (χ0) is 21.6. The number of sulfone groups is 1. The van der Waals surface area contributed by atoms with Crippen LogP contribution in [0.15, 0.2) is 53.4 Å². The van der Waals surface area contributed by atoms with Crippen LogP contribution in [0.5, 0.6) is 0 Å². The predicted octanol–water partition coefficient (Wildman–Crippen LogP) is 3.14. The molecule has 7 nitrogen and oxygen atoms in total. The highest BCUT2D eigenvalue weighted by atomic mass is 32.2. The van der Waals surface area contributed by atoms with Gasteiger partial charge in [0.1, 0.15) is 0 Å². The van der Waals surface area contributed by atoms with Gasteiger partial charge in [-0.3, -0.25) is 4.79 Å². The van der Waals surface area contributed by atoms with Gasteiger partial charge in [0.05, 0.1) is 4.90 Å². The summed E-state index contributed by atoms with van der Waals surface area (Å²) in [7, 11) is -4.69. The standard InChI is InChI=1S/C19H21F2N3O4S/c1-12(2)23-19(26)24-15-7-3-13(4-8-15)11-22-17(25)14-5-9-16(10-6-14)29(27,28)18(20)21/h3-10,12,18H,11H2,1-2H3,(H,22,25)(H2,23,24,26). The maximum absolute atomic E-state index is 12.5. The molecule has 2 aromatic rings. The van der Waals surface area contributed by atoms with Crippen molar-refractivity contribution in [2.75, 3.05) is 5.32 Å². The molecular formula is C19H21F2N3O4S. The Balaban J connectivity index is 1.93. The third kappa shape index (κ3) is 6.24. The number of halogens is 2. The fourth-order valence-electron chi connectivity index (χ4n) is 2.32. The molecule has 0 bridgehead atoms. The summed E-state index contributed by atoms with van der Waals surface area (Å²) in [5.41, 5.74) is 1.50. The van der Waals surface area contributed by atoms with E-state index >= 15 is 0 Å². The largest absolute Gasteiger partial charge is 0.348 e. The van der Waals surface area contributed by atoms with Gasteiger partial charge in [-0.05, 0) is 55.8 Å². The van der Waals surface area contributed by atoms with Crippen LogP contribution in [0.2, 0.25) is 0 Å². The molecule has 29 heavy (non-hydrogen) atoms. The number of nitrogens with one attached hydrogen (secondary N) is 3. The van der Waals surface area contributed by atoms with Crippen molar-refractivity contribution in [3.8, 4) is 0 Å². The minimum atomic E-state index is -4.69. The van der Waals surface area contributed by atoms with Crippen molar-refractivity contribution in [3.63, 3.8) is 0 Å². The van der Waals surface area contributed by atoms with E-state index in [9.17, 15) is 26.8 Å². The number of hydrogen-bond acceptors (Lipinski definition) is 4. The molecular weight excluding hydrogens is 404 g/mol. The first-order valence-corrected chi connectivity index (χ1v) is 10.2. The molecule has 2 aromatic carbocycles. The molecule has 0 saturated heterocycles. The Kier molecular flexibility index (Phi) is 7.27. The number of amides is 3. The molecule has 0 radical (unpaired) electrons. The number of hydrogen-bond donors (Lipinski definition) is 3. The van der Waals surface area contributed by atoms with E-state index in [2.05, 4.69) is 16.0 Å². The van der Waals surface area contributed by atoms with Crippen LogP contribution in [0.1, 0.15) is 29.8 Å². The molecule has 0 aliphatic carbocycles. The lowest BCUT2D eigenvalue weighted by Gasteiger charge is -2.11. The third-order valence-corrected chi connectivity index (χ3v) is 5.16. The Morgan fingerprint density at radius 2 is 1.55 bits per heavy atom. The Hall–Kier alpha value is -3.01. The van der Waals surface area contributed by atoms with Crippen molar-refractivity contribution >= 4 is 27.5 Å². The van der Waals surface area contributed by atoms with E-state index < -0.39 is 26.4 Å². The number of anilines is 1. The van der Waals surface area contributed by atoms with Gasteiger partial charge in [-0.15, -0.1) is 0 Å². The summed E-state index contributed by atoms with van der Waals surface area (Å²) in [5.74, 6) is -4.00. The van der Waals surface area contributed by atoms with Crippen molar-refractivity contribution in [3.05, 3.63) is 59.7 Å². The number of benzene rings is 2. The number of carbonyl (C=O) groups excluding carboxylic acids is 2. The quantitative estimate of drug-likeness (QED) is 0.634. The lowest BCUT2D eigenvalue weighted by Crippen LogP contribution is -2.34. The maximum atomic E-state index is 12.5. The van der Waals surface area contributed by atoms with Gasteiger partial charge in [0.15, 0.2) is 0 Å². The highest BCUT2D eigenvalue weighted by Gasteiger charge is 2.26. The molecule has 0 spiro atoms. The Bertz CT molecular complexity index is 960. The van der Waals surface area contributed by atoms with Crippen molar-refractivity contribution in [1.82, 2.24) is 10.6 Å². The monoisotopic (exact) mass is 425 g/mol. The Labute approximate surface area is 167 Å². The summed E-state index contributed by atoms with van der Waals surface area (Å²) in [6.45, 7) is 3.88. The second-order valence-electron chi connectivity index (χ2n) is 6.46. The SMILES string of the molecule is CC(C)NC(=O)Nc1ccc(CNC(=O)c2ccc(S(=O)(=O)C(F)F)cc2)cc1. The average molecular weight is 425 g/mol. The van der Waals surface area contributed by atoms with Gasteiger partial charge in [0.25, 0.3) is 5.91 Å². The van der Waals surface area contributed by atoms with Crippen molar-refractivity contribution < 1.29 is 26.8 Å². The highest BCUT2D eigenvalue weighted by molar-refractivity contribution is 7.91. The van der Waals surface area contributed by atoms with Gasteiger partial charge < -0.3 is 16.0 Å². The predicted molar refractivity (Wildman–Crippen MR) is 105 cm³/mol. The molecule has 0 aliphatic rings. The van der Waals surface area contributed by atoms with E-state index in [-0.39, 0.29) is 24.2 Å².